The zero-order valence-corrected chi connectivity index (χ0v) is 14.1. The standard InChI is InChI=1S/C19H30S/c1-3-5-7-9-11-17-13-14-19(16-20)18(15-17)12-10-8-6-4-2/h13-16H,3-12H2,1-2H3. The van der Waals surface area contributed by atoms with E-state index in [-0.39, 0.29) is 0 Å². The van der Waals surface area contributed by atoms with Gasteiger partial charge in [-0.15, -0.1) is 0 Å². The van der Waals surface area contributed by atoms with E-state index in [0.29, 0.717) is 0 Å². The highest BCUT2D eigenvalue weighted by Gasteiger charge is 2.03. The topological polar surface area (TPSA) is 0 Å². The maximum atomic E-state index is 5.15. The molecule has 0 spiro atoms. The molecular formula is C19H30S. The van der Waals surface area contributed by atoms with Crippen LogP contribution in [-0.4, -0.2) is 5.37 Å². The van der Waals surface area contributed by atoms with Crippen LogP contribution in [0.3, 0.4) is 0 Å². The smallest absolute Gasteiger partial charge is 0.00888 e. The van der Waals surface area contributed by atoms with Crippen LogP contribution in [0.15, 0.2) is 18.2 Å². The van der Waals surface area contributed by atoms with Gasteiger partial charge in [-0.1, -0.05) is 82.8 Å². The molecule has 0 aliphatic rings. The molecule has 112 valence electrons. The van der Waals surface area contributed by atoms with Crippen LogP contribution < -0.4 is 0 Å². The van der Waals surface area contributed by atoms with E-state index >= 15 is 0 Å². The Morgan fingerprint density at radius 1 is 0.850 bits per heavy atom. The number of aryl methyl sites for hydroxylation is 2. The van der Waals surface area contributed by atoms with Crippen LogP contribution in [0.25, 0.3) is 0 Å². The highest BCUT2D eigenvalue weighted by atomic mass is 32.1. The average molecular weight is 291 g/mol. The number of rotatable bonds is 11. The fraction of sp³-hybridized carbons (Fsp3) is 0.632. The second kappa shape index (κ2) is 11.0. The predicted octanol–water partition coefficient (Wildman–Crippen LogP) is 6.28. The van der Waals surface area contributed by atoms with Gasteiger partial charge >= 0.3 is 0 Å². The van der Waals surface area contributed by atoms with E-state index in [1.165, 1.54) is 80.9 Å². The largest absolute Gasteiger partial charge is 0.0881 e. The van der Waals surface area contributed by atoms with Crippen LogP contribution in [0, 0.1) is 0 Å². The predicted molar refractivity (Wildman–Crippen MR) is 94.9 cm³/mol. The minimum atomic E-state index is 1.19. The summed E-state index contributed by atoms with van der Waals surface area (Å²) in [7, 11) is 0. The molecular weight excluding hydrogens is 260 g/mol. The van der Waals surface area contributed by atoms with Gasteiger partial charge in [0.1, 0.15) is 0 Å². The molecule has 1 aromatic carbocycles. The molecule has 0 unspecified atom stereocenters. The average Bonchev–Trinajstić information content (AvgIpc) is 2.48. The summed E-state index contributed by atoms with van der Waals surface area (Å²) in [6.45, 7) is 4.53. The van der Waals surface area contributed by atoms with Gasteiger partial charge < -0.3 is 0 Å². The SMILES string of the molecule is CCCCCCc1ccc(C=S)c(CCCCCC)c1. The normalized spacial score (nSPS) is 10.7. The van der Waals surface area contributed by atoms with Crippen LogP contribution in [0.4, 0.5) is 0 Å². The summed E-state index contributed by atoms with van der Waals surface area (Å²) < 4.78 is 0. The first-order valence-corrected chi connectivity index (χ1v) is 8.86. The van der Waals surface area contributed by atoms with Gasteiger partial charge in [-0.25, -0.2) is 0 Å². The summed E-state index contributed by atoms with van der Waals surface area (Å²) in [5.41, 5.74) is 4.21. The number of hydrogen-bond donors (Lipinski definition) is 0. The summed E-state index contributed by atoms with van der Waals surface area (Å²) in [5.74, 6) is 0. The Kier molecular flexibility index (Phi) is 9.57. The van der Waals surface area contributed by atoms with Gasteiger partial charge in [0.25, 0.3) is 0 Å². The maximum absolute atomic E-state index is 5.15. The molecule has 1 aromatic rings. The first-order chi connectivity index (χ1) is 9.81. The molecule has 0 heterocycles. The van der Waals surface area contributed by atoms with Crippen molar-refractivity contribution in [3.8, 4) is 0 Å². The highest BCUT2D eigenvalue weighted by Crippen LogP contribution is 2.17. The van der Waals surface area contributed by atoms with Crippen molar-refractivity contribution in [2.45, 2.75) is 78.1 Å². The summed E-state index contributed by atoms with van der Waals surface area (Å²) in [5, 5.41) is 1.84. The zero-order chi connectivity index (χ0) is 14.6. The van der Waals surface area contributed by atoms with Crippen molar-refractivity contribution < 1.29 is 0 Å². The first-order valence-electron chi connectivity index (χ1n) is 8.38. The highest BCUT2D eigenvalue weighted by molar-refractivity contribution is 7.79. The number of thiocarbonyl (C=S) groups is 1. The van der Waals surface area contributed by atoms with Crippen LogP contribution in [0.5, 0.6) is 0 Å². The molecule has 0 N–H and O–H groups in total. The molecule has 0 amide bonds. The molecule has 0 radical (unpaired) electrons. The molecule has 0 aliphatic heterocycles. The van der Waals surface area contributed by atoms with E-state index in [1.807, 2.05) is 5.37 Å². The Morgan fingerprint density at radius 2 is 1.50 bits per heavy atom. The maximum Gasteiger partial charge on any atom is 0.00888 e. The summed E-state index contributed by atoms with van der Waals surface area (Å²) in [4.78, 5) is 0. The lowest BCUT2D eigenvalue weighted by Crippen LogP contribution is -1.96. The Bertz CT molecular complexity index is 381. The van der Waals surface area contributed by atoms with Crippen LogP contribution in [-0.2, 0) is 12.8 Å². The Morgan fingerprint density at radius 3 is 2.10 bits per heavy atom. The number of benzene rings is 1. The lowest BCUT2D eigenvalue weighted by Gasteiger charge is -2.09. The third-order valence-electron chi connectivity index (χ3n) is 3.95. The van der Waals surface area contributed by atoms with E-state index in [9.17, 15) is 0 Å². The second-order valence-corrected chi connectivity index (χ2v) is 6.01. The first kappa shape index (κ1) is 17.4. The molecule has 1 rings (SSSR count). The monoisotopic (exact) mass is 290 g/mol. The van der Waals surface area contributed by atoms with Crippen molar-refractivity contribution in [3.63, 3.8) is 0 Å². The van der Waals surface area contributed by atoms with Gasteiger partial charge in [-0.3, -0.25) is 0 Å². The minimum absolute atomic E-state index is 1.19. The van der Waals surface area contributed by atoms with E-state index in [1.54, 1.807) is 0 Å². The number of unbranched alkanes of at least 4 members (excludes halogenated alkanes) is 6. The van der Waals surface area contributed by atoms with Gasteiger partial charge in [0.2, 0.25) is 0 Å². The fourth-order valence-electron chi connectivity index (χ4n) is 2.64. The Labute approximate surface area is 131 Å². The van der Waals surface area contributed by atoms with Gasteiger partial charge in [0, 0.05) is 5.37 Å². The third-order valence-corrected chi connectivity index (χ3v) is 4.21. The van der Waals surface area contributed by atoms with Crippen molar-refractivity contribution in [1.82, 2.24) is 0 Å². The van der Waals surface area contributed by atoms with Gasteiger partial charge in [0.05, 0.1) is 0 Å². The molecule has 0 aliphatic carbocycles. The van der Waals surface area contributed by atoms with Crippen LogP contribution in [0.2, 0.25) is 0 Å². The summed E-state index contributed by atoms with van der Waals surface area (Å²) in [6.07, 6.45) is 13.1. The van der Waals surface area contributed by atoms with Crippen molar-refractivity contribution >= 4 is 17.6 Å². The molecule has 1 heteroatoms. The number of hydrogen-bond acceptors (Lipinski definition) is 1. The lowest BCUT2D eigenvalue weighted by atomic mass is 9.97. The molecule has 0 saturated carbocycles. The van der Waals surface area contributed by atoms with Crippen molar-refractivity contribution in [1.29, 1.82) is 0 Å². The molecule has 0 fully saturated rings. The zero-order valence-electron chi connectivity index (χ0n) is 13.3. The van der Waals surface area contributed by atoms with Crippen molar-refractivity contribution in [2.75, 3.05) is 0 Å². The Hall–Kier alpha value is -0.690. The third kappa shape index (κ3) is 6.65. The summed E-state index contributed by atoms with van der Waals surface area (Å²) >= 11 is 5.15. The van der Waals surface area contributed by atoms with Gasteiger partial charge in [0.15, 0.2) is 0 Å². The lowest BCUT2D eigenvalue weighted by molar-refractivity contribution is 0.661. The molecule has 0 nitrogen and oxygen atoms in total. The quantitative estimate of drug-likeness (QED) is 0.341. The molecule has 0 saturated heterocycles. The van der Waals surface area contributed by atoms with E-state index in [0.717, 1.165) is 0 Å². The van der Waals surface area contributed by atoms with Crippen LogP contribution >= 0.6 is 12.2 Å². The molecule has 0 atom stereocenters. The second-order valence-electron chi connectivity index (χ2n) is 5.77. The van der Waals surface area contributed by atoms with Crippen molar-refractivity contribution in [3.05, 3.63) is 34.9 Å². The Balaban J connectivity index is 2.53. The van der Waals surface area contributed by atoms with E-state index in [2.05, 4.69) is 32.0 Å². The van der Waals surface area contributed by atoms with E-state index < -0.39 is 0 Å². The van der Waals surface area contributed by atoms with Crippen molar-refractivity contribution in [2.24, 2.45) is 0 Å². The van der Waals surface area contributed by atoms with Gasteiger partial charge in [-0.2, -0.15) is 0 Å². The molecule has 0 bridgehead atoms. The fourth-order valence-corrected chi connectivity index (χ4v) is 2.87. The van der Waals surface area contributed by atoms with Gasteiger partial charge in [-0.05, 0) is 42.4 Å². The van der Waals surface area contributed by atoms with E-state index in [4.69, 9.17) is 12.2 Å². The minimum Gasteiger partial charge on any atom is -0.0881 e. The molecule has 0 aromatic heterocycles. The molecule has 20 heavy (non-hydrogen) atoms. The van der Waals surface area contributed by atoms with Crippen LogP contribution in [0.1, 0.15) is 81.9 Å². The summed E-state index contributed by atoms with van der Waals surface area (Å²) in [6, 6.07) is 6.88.